The summed E-state index contributed by atoms with van der Waals surface area (Å²) in [6.07, 6.45) is 3.70. The maximum absolute atomic E-state index is 12.3. The van der Waals surface area contributed by atoms with E-state index in [9.17, 15) is 4.79 Å². The molecule has 21 heavy (non-hydrogen) atoms. The van der Waals surface area contributed by atoms with Gasteiger partial charge in [-0.2, -0.15) is 0 Å². The zero-order chi connectivity index (χ0) is 15.2. The summed E-state index contributed by atoms with van der Waals surface area (Å²) < 4.78 is 5.61. The Hall–Kier alpha value is -1.26. The van der Waals surface area contributed by atoms with Gasteiger partial charge in [0.05, 0.1) is 6.54 Å². The molecular formula is C16H23ClN2O2. The predicted molar refractivity (Wildman–Crippen MR) is 84.5 cm³/mol. The van der Waals surface area contributed by atoms with Crippen molar-refractivity contribution in [2.45, 2.75) is 31.7 Å². The van der Waals surface area contributed by atoms with Crippen LogP contribution < -0.4 is 10.5 Å². The predicted octanol–water partition coefficient (Wildman–Crippen LogP) is 2.69. The van der Waals surface area contributed by atoms with Gasteiger partial charge in [-0.3, -0.25) is 4.79 Å². The van der Waals surface area contributed by atoms with Gasteiger partial charge in [-0.1, -0.05) is 17.7 Å². The Bertz CT molecular complexity index is 473. The van der Waals surface area contributed by atoms with Crippen molar-refractivity contribution in [3.63, 3.8) is 0 Å². The van der Waals surface area contributed by atoms with E-state index in [2.05, 4.69) is 0 Å². The molecule has 0 aromatic heterocycles. The number of nitrogens with zero attached hydrogens (tertiary/aromatic N) is 1. The van der Waals surface area contributed by atoms with E-state index in [1.807, 2.05) is 19.2 Å². The van der Waals surface area contributed by atoms with Crippen LogP contribution in [0.2, 0.25) is 5.02 Å². The third-order valence-corrected chi connectivity index (χ3v) is 4.22. The molecule has 1 saturated carbocycles. The molecule has 1 fully saturated rings. The molecule has 4 nitrogen and oxygen atoms in total. The second kappa shape index (κ2) is 7.66. The van der Waals surface area contributed by atoms with Crippen LogP contribution in [0.4, 0.5) is 0 Å². The molecule has 1 aliphatic rings. The largest absolute Gasteiger partial charge is 0.492 e. The highest BCUT2D eigenvalue weighted by atomic mass is 35.5. The number of carbonyl (C=O) groups excluding carboxylic acids is 1. The molecule has 2 rings (SSSR count). The zero-order valence-corrected chi connectivity index (χ0v) is 13.2. The molecule has 116 valence electrons. The number of hydrogen-bond acceptors (Lipinski definition) is 3. The smallest absolute Gasteiger partial charge is 0.225 e. The van der Waals surface area contributed by atoms with Crippen molar-refractivity contribution in [2.24, 2.45) is 11.7 Å². The monoisotopic (exact) mass is 310 g/mol. The first-order valence-electron chi connectivity index (χ1n) is 7.45. The number of hydrogen-bond donors (Lipinski definition) is 1. The first-order chi connectivity index (χ1) is 10.1. The molecule has 0 saturated heterocycles. The first kappa shape index (κ1) is 16.1. The molecule has 0 aliphatic heterocycles. The highest BCUT2D eigenvalue weighted by Crippen LogP contribution is 2.24. The molecule has 1 aromatic carbocycles. The van der Waals surface area contributed by atoms with Gasteiger partial charge in [0.25, 0.3) is 0 Å². The molecule has 1 amide bonds. The number of amides is 1. The summed E-state index contributed by atoms with van der Waals surface area (Å²) >= 11 is 5.90. The molecule has 1 aromatic rings. The Balaban J connectivity index is 1.74. The van der Waals surface area contributed by atoms with E-state index in [4.69, 9.17) is 22.1 Å². The van der Waals surface area contributed by atoms with Crippen LogP contribution in [0.25, 0.3) is 0 Å². The molecule has 0 radical (unpaired) electrons. The lowest BCUT2D eigenvalue weighted by molar-refractivity contribution is -0.135. The molecule has 0 heterocycles. The summed E-state index contributed by atoms with van der Waals surface area (Å²) in [5, 5.41) is 0.649. The zero-order valence-electron chi connectivity index (χ0n) is 12.4. The van der Waals surface area contributed by atoms with Crippen molar-refractivity contribution < 1.29 is 9.53 Å². The lowest BCUT2D eigenvalue weighted by atomic mass is 9.85. The summed E-state index contributed by atoms with van der Waals surface area (Å²) in [6.45, 7) is 1.04. The van der Waals surface area contributed by atoms with E-state index < -0.39 is 0 Å². The van der Waals surface area contributed by atoms with Gasteiger partial charge in [-0.25, -0.2) is 0 Å². The Morgan fingerprint density at radius 3 is 2.76 bits per heavy atom. The Kier molecular flexibility index (Phi) is 5.88. The van der Waals surface area contributed by atoms with Crippen molar-refractivity contribution in [2.75, 3.05) is 20.2 Å². The van der Waals surface area contributed by atoms with Gasteiger partial charge >= 0.3 is 0 Å². The number of nitrogens with two attached hydrogens (primary N) is 1. The molecular weight excluding hydrogens is 288 g/mol. The molecule has 0 spiro atoms. The first-order valence-corrected chi connectivity index (χ1v) is 7.83. The van der Waals surface area contributed by atoms with Gasteiger partial charge < -0.3 is 15.4 Å². The van der Waals surface area contributed by atoms with Gasteiger partial charge in [0.1, 0.15) is 12.4 Å². The number of rotatable bonds is 5. The average Bonchev–Trinajstić information content (AvgIpc) is 2.47. The minimum atomic E-state index is 0.126. The normalized spacial score (nSPS) is 21.9. The molecule has 0 unspecified atom stereocenters. The molecule has 1 aliphatic carbocycles. The van der Waals surface area contributed by atoms with Gasteiger partial charge in [0, 0.05) is 24.0 Å². The van der Waals surface area contributed by atoms with E-state index >= 15 is 0 Å². The van der Waals surface area contributed by atoms with Crippen molar-refractivity contribution in [3.8, 4) is 5.75 Å². The lowest BCUT2D eigenvalue weighted by Crippen LogP contribution is -2.39. The highest BCUT2D eigenvalue weighted by Gasteiger charge is 2.26. The van der Waals surface area contributed by atoms with Crippen molar-refractivity contribution >= 4 is 17.5 Å². The maximum Gasteiger partial charge on any atom is 0.225 e. The fraction of sp³-hybridized carbons (Fsp3) is 0.562. The van der Waals surface area contributed by atoms with Crippen LogP contribution in [0.15, 0.2) is 24.3 Å². The third kappa shape index (κ3) is 4.90. The van der Waals surface area contributed by atoms with Gasteiger partial charge in [0.2, 0.25) is 5.91 Å². The maximum atomic E-state index is 12.3. The van der Waals surface area contributed by atoms with E-state index in [0.717, 1.165) is 31.4 Å². The van der Waals surface area contributed by atoms with Gasteiger partial charge in [-0.15, -0.1) is 0 Å². The van der Waals surface area contributed by atoms with Gasteiger partial charge in [0.15, 0.2) is 0 Å². The minimum absolute atomic E-state index is 0.126. The van der Waals surface area contributed by atoms with Crippen LogP contribution in [0.3, 0.4) is 0 Å². The Morgan fingerprint density at radius 1 is 1.38 bits per heavy atom. The van der Waals surface area contributed by atoms with Crippen molar-refractivity contribution in [3.05, 3.63) is 29.3 Å². The summed E-state index contributed by atoms with van der Waals surface area (Å²) in [6, 6.07) is 7.54. The summed E-state index contributed by atoms with van der Waals surface area (Å²) in [4.78, 5) is 14.1. The number of ether oxygens (including phenoxy) is 1. The molecule has 2 N–H and O–H groups in total. The van der Waals surface area contributed by atoms with E-state index in [-0.39, 0.29) is 17.9 Å². The second-order valence-electron chi connectivity index (χ2n) is 5.68. The topological polar surface area (TPSA) is 55.6 Å². The SMILES string of the molecule is CN(CCOc1cccc(Cl)c1)C(=O)C1CCC(N)CC1. The lowest BCUT2D eigenvalue weighted by Gasteiger charge is -2.28. The fourth-order valence-electron chi connectivity index (χ4n) is 2.65. The standard InChI is InChI=1S/C16H23ClN2O2/c1-19(16(20)12-5-7-14(18)8-6-12)9-10-21-15-4-2-3-13(17)11-15/h2-4,11-12,14H,5-10,18H2,1H3. The van der Waals surface area contributed by atoms with E-state index in [1.54, 1.807) is 17.0 Å². The highest BCUT2D eigenvalue weighted by molar-refractivity contribution is 6.30. The number of carbonyl (C=O) groups is 1. The number of benzene rings is 1. The van der Waals surface area contributed by atoms with E-state index in [1.165, 1.54) is 0 Å². The summed E-state index contributed by atoms with van der Waals surface area (Å²) in [5.41, 5.74) is 5.87. The minimum Gasteiger partial charge on any atom is -0.492 e. The van der Waals surface area contributed by atoms with Crippen LogP contribution in [0.1, 0.15) is 25.7 Å². The fourth-order valence-corrected chi connectivity index (χ4v) is 2.83. The Labute approximate surface area is 131 Å². The van der Waals surface area contributed by atoms with Crippen LogP contribution in [0.5, 0.6) is 5.75 Å². The van der Waals surface area contributed by atoms with Crippen LogP contribution in [-0.2, 0) is 4.79 Å². The van der Waals surface area contributed by atoms with Crippen LogP contribution >= 0.6 is 11.6 Å². The number of likely N-dealkylation sites (N-methyl/N-ethyl adjacent to an activating group) is 1. The van der Waals surface area contributed by atoms with Crippen LogP contribution in [-0.4, -0.2) is 37.0 Å². The van der Waals surface area contributed by atoms with Crippen molar-refractivity contribution in [1.82, 2.24) is 4.90 Å². The van der Waals surface area contributed by atoms with Gasteiger partial charge in [-0.05, 0) is 43.9 Å². The summed E-state index contributed by atoms with van der Waals surface area (Å²) in [7, 11) is 1.83. The second-order valence-corrected chi connectivity index (χ2v) is 6.11. The number of halogens is 1. The summed E-state index contributed by atoms with van der Waals surface area (Å²) in [5.74, 6) is 1.06. The van der Waals surface area contributed by atoms with Crippen LogP contribution in [0, 0.1) is 5.92 Å². The molecule has 0 bridgehead atoms. The van der Waals surface area contributed by atoms with E-state index in [0.29, 0.717) is 18.2 Å². The quantitative estimate of drug-likeness (QED) is 0.909. The molecule has 0 atom stereocenters. The molecule has 5 heteroatoms. The van der Waals surface area contributed by atoms with Crippen molar-refractivity contribution in [1.29, 1.82) is 0 Å². The third-order valence-electron chi connectivity index (χ3n) is 3.99. The average molecular weight is 311 g/mol. The Morgan fingerprint density at radius 2 is 2.10 bits per heavy atom.